The second kappa shape index (κ2) is 11.2. The highest BCUT2D eigenvalue weighted by atomic mass is 32.2. The highest BCUT2D eigenvalue weighted by molar-refractivity contribution is 7.99. The van der Waals surface area contributed by atoms with Crippen molar-refractivity contribution in [2.24, 2.45) is 0 Å². The number of hydrogen-bond donors (Lipinski definition) is 1. The lowest BCUT2D eigenvalue weighted by Gasteiger charge is -2.09. The molecule has 0 aliphatic carbocycles. The van der Waals surface area contributed by atoms with Gasteiger partial charge in [-0.15, -0.1) is 32.9 Å². The number of aryl methyl sites for hydroxylation is 2. The summed E-state index contributed by atoms with van der Waals surface area (Å²) in [6.45, 7) is 6.93. The molecule has 0 spiro atoms. The number of methoxy groups -OCH3 is 1. The molecule has 0 aliphatic rings. The quantitative estimate of drug-likeness (QED) is 0.204. The van der Waals surface area contributed by atoms with Crippen LogP contribution in [0.3, 0.4) is 0 Å². The van der Waals surface area contributed by atoms with E-state index in [0.717, 1.165) is 41.0 Å². The number of esters is 1. The monoisotopic (exact) mass is 526 g/mol. The molecule has 0 bridgehead atoms. The fourth-order valence-corrected chi connectivity index (χ4v) is 6.01. The Hall–Kier alpha value is -2.95. The van der Waals surface area contributed by atoms with Gasteiger partial charge < -0.3 is 14.6 Å². The summed E-state index contributed by atoms with van der Waals surface area (Å²) in [4.78, 5) is 26.6. The van der Waals surface area contributed by atoms with Crippen LogP contribution in [0.1, 0.15) is 34.1 Å². The van der Waals surface area contributed by atoms with Crippen LogP contribution < -0.4 is 5.32 Å². The van der Waals surface area contributed by atoms with E-state index in [-0.39, 0.29) is 11.7 Å². The number of carbonyl (C=O) groups is 2. The van der Waals surface area contributed by atoms with Gasteiger partial charge in [0.15, 0.2) is 11.0 Å². The number of aromatic nitrogens is 3. The average Bonchev–Trinajstić information content (AvgIpc) is 3.57. The van der Waals surface area contributed by atoms with Crippen molar-refractivity contribution >= 4 is 51.3 Å². The van der Waals surface area contributed by atoms with Crippen molar-refractivity contribution < 1.29 is 14.3 Å². The van der Waals surface area contributed by atoms with Gasteiger partial charge in [-0.3, -0.25) is 4.79 Å². The van der Waals surface area contributed by atoms with Gasteiger partial charge in [-0.25, -0.2) is 4.79 Å². The van der Waals surface area contributed by atoms with Gasteiger partial charge in [0.2, 0.25) is 5.91 Å². The lowest BCUT2D eigenvalue weighted by molar-refractivity contribution is -0.113. The van der Waals surface area contributed by atoms with E-state index in [1.54, 1.807) is 11.3 Å². The molecule has 7 nitrogen and oxygen atoms in total. The molecule has 4 aromatic rings. The van der Waals surface area contributed by atoms with Crippen molar-refractivity contribution in [2.45, 2.75) is 38.9 Å². The Labute approximate surface area is 216 Å². The topological polar surface area (TPSA) is 86.1 Å². The van der Waals surface area contributed by atoms with E-state index in [0.29, 0.717) is 15.7 Å². The number of amides is 1. The zero-order chi connectivity index (χ0) is 24.9. The summed E-state index contributed by atoms with van der Waals surface area (Å²) in [5, 5.41) is 16.7. The first kappa shape index (κ1) is 25.2. The van der Waals surface area contributed by atoms with Crippen LogP contribution in [0.4, 0.5) is 5.00 Å². The van der Waals surface area contributed by atoms with Crippen molar-refractivity contribution in [3.8, 4) is 22.5 Å². The van der Waals surface area contributed by atoms with Crippen molar-refractivity contribution in [1.82, 2.24) is 14.8 Å². The largest absolute Gasteiger partial charge is 0.465 e. The van der Waals surface area contributed by atoms with Crippen LogP contribution in [0.25, 0.3) is 22.5 Å². The summed E-state index contributed by atoms with van der Waals surface area (Å²) in [5.41, 5.74) is 4.16. The number of thioether (sulfide) groups is 1. The molecule has 0 unspecified atom stereocenters. The Morgan fingerprint density at radius 2 is 1.86 bits per heavy atom. The first-order valence-electron chi connectivity index (χ1n) is 11.1. The van der Waals surface area contributed by atoms with E-state index in [2.05, 4.69) is 45.4 Å². The van der Waals surface area contributed by atoms with Crippen LogP contribution >= 0.6 is 34.4 Å². The van der Waals surface area contributed by atoms with Crippen molar-refractivity contribution in [3.05, 3.63) is 57.1 Å². The molecule has 0 radical (unpaired) electrons. The van der Waals surface area contributed by atoms with Gasteiger partial charge in [-0.1, -0.05) is 48.5 Å². The lowest BCUT2D eigenvalue weighted by Crippen LogP contribution is -2.16. The predicted molar refractivity (Wildman–Crippen MR) is 144 cm³/mol. The third-order valence-corrected chi connectivity index (χ3v) is 8.00. The van der Waals surface area contributed by atoms with E-state index < -0.39 is 5.97 Å². The molecule has 1 aromatic carbocycles. The van der Waals surface area contributed by atoms with Crippen LogP contribution in [0.2, 0.25) is 0 Å². The smallest absolute Gasteiger partial charge is 0.341 e. The molecule has 0 atom stereocenters. The third-order valence-electron chi connectivity index (χ3n) is 5.28. The minimum Gasteiger partial charge on any atom is -0.465 e. The molecule has 35 heavy (non-hydrogen) atoms. The Bertz CT molecular complexity index is 1340. The Balaban J connectivity index is 1.51. The van der Waals surface area contributed by atoms with Crippen LogP contribution in [-0.2, 0) is 16.1 Å². The molecule has 3 aromatic heterocycles. The van der Waals surface area contributed by atoms with E-state index >= 15 is 0 Å². The van der Waals surface area contributed by atoms with E-state index in [1.165, 1.54) is 35.1 Å². The molecule has 182 valence electrons. The maximum Gasteiger partial charge on any atom is 0.341 e. The fourth-order valence-electron chi connectivity index (χ4n) is 3.59. The average molecular weight is 527 g/mol. The van der Waals surface area contributed by atoms with Crippen LogP contribution in [0.15, 0.2) is 46.2 Å². The van der Waals surface area contributed by atoms with Crippen LogP contribution in [-0.4, -0.2) is 39.5 Å². The van der Waals surface area contributed by atoms with Gasteiger partial charge in [0, 0.05) is 33.3 Å². The number of rotatable bonds is 9. The van der Waals surface area contributed by atoms with Crippen LogP contribution in [0.5, 0.6) is 0 Å². The SMILES string of the molecule is CCCn1c(SCC(=O)Nc2scc(-c3ccc(C)cc3)c2C(=O)OC)nnc1-c1csc(C)c1. The van der Waals surface area contributed by atoms with Gasteiger partial charge in [0.05, 0.1) is 12.9 Å². The second-order valence-electron chi connectivity index (χ2n) is 7.95. The molecule has 1 amide bonds. The van der Waals surface area contributed by atoms with Gasteiger partial charge in [-0.05, 0) is 31.9 Å². The molecule has 0 aliphatic heterocycles. The van der Waals surface area contributed by atoms with E-state index in [4.69, 9.17) is 4.74 Å². The van der Waals surface area contributed by atoms with Crippen molar-refractivity contribution in [2.75, 3.05) is 18.2 Å². The number of benzene rings is 1. The summed E-state index contributed by atoms with van der Waals surface area (Å²) >= 11 is 4.31. The minimum absolute atomic E-state index is 0.142. The molecular formula is C25H26N4O3S3. The van der Waals surface area contributed by atoms with Crippen molar-refractivity contribution in [1.29, 1.82) is 0 Å². The summed E-state index contributed by atoms with van der Waals surface area (Å²) in [6.07, 6.45) is 0.924. The summed E-state index contributed by atoms with van der Waals surface area (Å²) < 4.78 is 7.07. The van der Waals surface area contributed by atoms with Crippen molar-refractivity contribution in [3.63, 3.8) is 0 Å². The Morgan fingerprint density at radius 1 is 1.09 bits per heavy atom. The zero-order valence-electron chi connectivity index (χ0n) is 20.0. The van der Waals surface area contributed by atoms with E-state index in [9.17, 15) is 9.59 Å². The lowest BCUT2D eigenvalue weighted by atomic mass is 10.0. The first-order valence-corrected chi connectivity index (χ1v) is 13.8. The summed E-state index contributed by atoms with van der Waals surface area (Å²) in [5.74, 6) is 0.246. The normalized spacial score (nSPS) is 11.0. The van der Waals surface area contributed by atoms with E-state index in [1.807, 2.05) is 36.6 Å². The molecule has 3 heterocycles. The highest BCUT2D eigenvalue weighted by Gasteiger charge is 2.23. The van der Waals surface area contributed by atoms with Crippen LogP contribution in [0, 0.1) is 13.8 Å². The maximum absolute atomic E-state index is 12.9. The number of nitrogens with zero attached hydrogens (tertiary/aromatic N) is 3. The standard InChI is InChI=1S/C25H26N4O3S3/c1-5-10-29-22(18-11-16(3)33-12-18)27-28-25(29)35-14-20(30)26-23-21(24(31)32-4)19(13-34-23)17-8-6-15(2)7-9-17/h6-9,11-13H,5,10,14H2,1-4H3,(H,26,30). The number of carbonyl (C=O) groups excluding carboxylic acids is 2. The maximum atomic E-state index is 12.9. The molecule has 1 N–H and O–H groups in total. The third kappa shape index (κ3) is 5.66. The first-order chi connectivity index (χ1) is 16.9. The molecule has 4 rings (SSSR count). The number of anilines is 1. The second-order valence-corrected chi connectivity index (χ2v) is 10.9. The minimum atomic E-state index is -0.483. The van der Waals surface area contributed by atoms with Gasteiger partial charge in [0.25, 0.3) is 0 Å². The summed E-state index contributed by atoms with van der Waals surface area (Å²) in [7, 11) is 1.34. The summed E-state index contributed by atoms with van der Waals surface area (Å²) in [6, 6.07) is 9.98. The molecule has 0 saturated carbocycles. The van der Waals surface area contributed by atoms with Gasteiger partial charge in [0.1, 0.15) is 10.6 Å². The van der Waals surface area contributed by atoms with Gasteiger partial charge in [-0.2, -0.15) is 0 Å². The molecule has 10 heteroatoms. The number of thiophene rings is 2. The predicted octanol–water partition coefficient (Wildman–Crippen LogP) is 6.28. The zero-order valence-corrected chi connectivity index (χ0v) is 22.4. The highest BCUT2D eigenvalue weighted by Crippen LogP contribution is 2.36. The number of nitrogens with one attached hydrogen (secondary N) is 1. The Morgan fingerprint density at radius 3 is 2.51 bits per heavy atom. The Kier molecular flexibility index (Phi) is 8.04. The molecule has 0 fully saturated rings. The molecule has 0 saturated heterocycles. The molecular weight excluding hydrogens is 501 g/mol. The number of hydrogen-bond acceptors (Lipinski definition) is 8. The number of ether oxygens (including phenoxy) is 1. The fraction of sp³-hybridized carbons (Fsp3) is 0.280. The van der Waals surface area contributed by atoms with Gasteiger partial charge >= 0.3 is 5.97 Å².